The molecule has 1 aliphatic heterocycles. The van der Waals surface area contributed by atoms with Gasteiger partial charge in [-0.3, -0.25) is 4.79 Å². The number of nitrogens with one attached hydrogen (secondary N) is 1. The SMILES string of the molecule is CNC(C)c1ccc(N2CCCN(C)C(=O)C2)cc1Cl. The molecule has 1 aromatic rings. The summed E-state index contributed by atoms with van der Waals surface area (Å²) in [6.45, 7) is 4.20. The Bertz CT molecular complexity index is 492. The molecule has 5 heteroatoms. The minimum atomic E-state index is 0.159. The monoisotopic (exact) mass is 295 g/mol. The summed E-state index contributed by atoms with van der Waals surface area (Å²) < 4.78 is 0. The third kappa shape index (κ3) is 3.25. The highest BCUT2D eigenvalue weighted by Gasteiger charge is 2.20. The van der Waals surface area contributed by atoms with E-state index in [1.54, 1.807) is 4.90 Å². The van der Waals surface area contributed by atoms with E-state index in [0.717, 1.165) is 35.8 Å². The number of hydrogen-bond acceptors (Lipinski definition) is 3. The number of anilines is 1. The van der Waals surface area contributed by atoms with Crippen molar-refractivity contribution in [2.45, 2.75) is 19.4 Å². The molecule has 1 aromatic carbocycles. The Morgan fingerprint density at radius 3 is 2.75 bits per heavy atom. The van der Waals surface area contributed by atoms with Crippen LogP contribution in [0.5, 0.6) is 0 Å². The fraction of sp³-hybridized carbons (Fsp3) is 0.533. The predicted molar refractivity (Wildman–Crippen MR) is 83.4 cm³/mol. The van der Waals surface area contributed by atoms with E-state index in [-0.39, 0.29) is 11.9 Å². The molecule has 110 valence electrons. The first-order chi connectivity index (χ1) is 9.52. The van der Waals surface area contributed by atoms with Crippen LogP contribution in [0.1, 0.15) is 24.9 Å². The molecule has 1 heterocycles. The molecule has 0 aliphatic carbocycles. The van der Waals surface area contributed by atoms with Gasteiger partial charge in [-0.05, 0) is 38.1 Å². The standard InChI is InChI=1S/C15H22ClN3O/c1-11(17-2)13-6-5-12(9-14(13)16)19-8-4-7-18(3)15(20)10-19/h5-6,9,11,17H,4,7-8,10H2,1-3H3. The zero-order chi connectivity index (χ0) is 14.7. The number of amides is 1. The third-order valence-electron chi connectivity index (χ3n) is 3.92. The lowest BCUT2D eigenvalue weighted by Gasteiger charge is -2.23. The number of likely N-dealkylation sites (N-methyl/N-ethyl adjacent to an activating group) is 1. The highest BCUT2D eigenvalue weighted by molar-refractivity contribution is 6.31. The summed E-state index contributed by atoms with van der Waals surface area (Å²) in [6, 6.07) is 6.27. The zero-order valence-electron chi connectivity index (χ0n) is 12.3. The van der Waals surface area contributed by atoms with Gasteiger partial charge >= 0.3 is 0 Å². The van der Waals surface area contributed by atoms with Crippen LogP contribution >= 0.6 is 11.6 Å². The van der Waals surface area contributed by atoms with E-state index in [0.29, 0.717) is 6.54 Å². The van der Waals surface area contributed by atoms with Gasteiger partial charge in [0.25, 0.3) is 0 Å². The third-order valence-corrected chi connectivity index (χ3v) is 4.25. The molecule has 1 fully saturated rings. The second-order valence-corrected chi connectivity index (χ2v) is 5.71. The van der Waals surface area contributed by atoms with Crippen LogP contribution in [0.15, 0.2) is 18.2 Å². The van der Waals surface area contributed by atoms with Gasteiger partial charge in [0.2, 0.25) is 5.91 Å². The van der Waals surface area contributed by atoms with Crippen LogP contribution in [0.3, 0.4) is 0 Å². The number of benzene rings is 1. The van der Waals surface area contributed by atoms with E-state index < -0.39 is 0 Å². The number of halogens is 1. The lowest BCUT2D eigenvalue weighted by atomic mass is 10.1. The zero-order valence-corrected chi connectivity index (χ0v) is 13.1. The van der Waals surface area contributed by atoms with Crippen LogP contribution in [-0.4, -0.2) is 44.5 Å². The van der Waals surface area contributed by atoms with Crippen molar-refractivity contribution in [2.24, 2.45) is 0 Å². The van der Waals surface area contributed by atoms with Crippen LogP contribution in [0, 0.1) is 0 Å². The van der Waals surface area contributed by atoms with E-state index in [1.165, 1.54) is 0 Å². The fourth-order valence-corrected chi connectivity index (χ4v) is 2.76. The lowest BCUT2D eigenvalue weighted by Crippen LogP contribution is -2.34. The van der Waals surface area contributed by atoms with Crippen LogP contribution in [0.25, 0.3) is 0 Å². The van der Waals surface area contributed by atoms with E-state index in [9.17, 15) is 4.79 Å². The Kier molecular flexibility index (Phi) is 4.89. The largest absolute Gasteiger partial charge is 0.362 e. The van der Waals surface area contributed by atoms with E-state index in [2.05, 4.69) is 17.1 Å². The van der Waals surface area contributed by atoms with Gasteiger partial charge in [0.15, 0.2) is 0 Å². The van der Waals surface area contributed by atoms with Gasteiger partial charge in [0, 0.05) is 36.9 Å². The maximum Gasteiger partial charge on any atom is 0.241 e. The molecule has 0 radical (unpaired) electrons. The summed E-state index contributed by atoms with van der Waals surface area (Å²) in [4.78, 5) is 15.8. The summed E-state index contributed by atoms with van der Waals surface area (Å²) in [5.74, 6) is 0.159. The molecule has 20 heavy (non-hydrogen) atoms. The van der Waals surface area contributed by atoms with Gasteiger partial charge in [0.1, 0.15) is 0 Å². The minimum absolute atomic E-state index is 0.159. The van der Waals surface area contributed by atoms with Crippen molar-refractivity contribution >= 4 is 23.2 Å². The first-order valence-electron chi connectivity index (χ1n) is 6.98. The van der Waals surface area contributed by atoms with E-state index >= 15 is 0 Å². The maximum atomic E-state index is 11.9. The van der Waals surface area contributed by atoms with Crippen molar-refractivity contribution < 1.29 is 4.79 Å². The Morgan fingerprint density at radius 1 is 1.35 bits per heavy atom. The van der Waals surface area contributed by atoms with Gasteiger partial charge in [-0.2, -0.15) is 0 Å². The first-order valence-corrected chi connectivity index (χ1v) is 7.36. The van der Waals surface area contributed by atoms with Gasteiger partial charge in [-0.1, -0.05) is 17.7 Å². The predicted octanol–water partition coefficient (Wildman–Crippen LogP) is 2.29. The summed E-state index contributed by atoms with van der Waals surface area (Å²) in [5.41, 5.74) is 2.10. The first kappa shape index (κ1) is 15.1. The van der Waals surface area contributed by atoms with Gasteiger partial charge in [0.05, 0.1) is 6.54 Å². The summed E-state index contributed by atoms with van der Waals surface area (Å²) >= 11 is 6.37. The number of nitrogens with zero attached hydrogens (tertiary/aromatic N) is 2. The molecule has 1 N–H and O–H groups in total. The molecule has 2 rings (SSSR count). The number of hydrogen-bond donors (Lipinski definition) is 1. The number of rotatable bonds is 3. The molecular weight excluding hydrogens is 274 g/mol. The van der Waals surface area contributed by atoms with E-state index in [4.69, 9.17) is 11.6 Å². The van der Waals surface area contributed by atoms with Crippen molar-refractivity contribution in [1.29, 1.82) is 0 Å². The second-order valence-electron chi connectivity index (χ2n) is 5.31. The summed E-state index contributed by atoms with van der Waals surface area (Å²) in [5, 5.41) is 3.93. The second kappa shape index (κ2) is 6.46. The molecule has 1 unspecified atom stereocenters. The van der Waals surface area contributed by atoms with Gasteiger partial charge in [-0.25, -0.2) is 0 Å². The number of carbonyl (C=O) groups is 1. The summed E-state index contributed by atoms with van der Waals surface area (Å²) in [6.07, 6.45) is 0.981. The van der Waals surface area contributed by atoms with E-state index in [1.807, 2.05) is 32.3 Å². The Hall–Kier alpha value is -1.26. The maximum absolute atomic E-state index is 11.9. The lowest BCUT2D eigenvalue weighted by molar-refractivity contribution is -0.127. The average Bonchev–Trinajstić information content (AvgIpc) is 2.60. The molecule has 0 bridgehead atoms. The molecule has 1 aliphatic rings. The number of carbonyl (C=O) groups excluding carboxylic acids is 1. The molecule has 1 amide bonds. The summed E-state index contributed by atoms with van der Waals surface area (Å²) in [7, 11) is 3.77. The Labute approximate surface area is 125 Å². The molecule has 0 aromatic heterocycles. The van der Waals surface area contributed by atoms with Crippen LogP contribution < -0.4 is 10.2 Å². The topological polar surface area (TPSA) is 35.6 Å². The van der Waals surface area contributed by atoms with Gasteiger partial charge < -0.3 is 15.1 Å². The molecule has 0 spiro atoms. The molecular formula is C15H22ClN3O. The van der Waals surface area contributed by atoms with Crippen molar-refractivity contribution in [2.75, 3.05) is 38.6 Å². The van der Waals surface area contributed by atoms with Crippen molar-refractivity contribution in [1.82, 2.24) is 10.2 Å². The molecule has 0 saturated carbocycles. The molecule has 4 nitrogen and oxygen atoms in total. The fourth-order valence-electron chi connectivity index (χ4n) is 2.43. The quantitative estimate of drug-likeness (QED) is 0.929. The highest BCUT2D eigenvalue weighted by Crippen LogP contribution is 2.28. The van der Waals surface area contributed by atoms with Crippen molar-refractivity contribution in [3.05, 3.63) is 28.8 Å². The molecule has 1 saturated heterocycles. The Morgan fingerprint density at radius 2 is 2.10 bits per heavy atom. The smallest absolute Gasteiger partial charge is 0.241 e. The van der Waals surface area contributed by atoms with Gasteiger partial charge in [-0.15, -0.1) is 0 Å². The minimum Gasteiger partial charge on any atom is -0.362 e. The van der Waals surface area contributed by atoms with Crippen LogP contribution in [0.4, 0.5) is 5.69 Å². The normalized spacial score (nSPS) is 18.1. The van der Waals surface area contributed by atoms with Crippen molar-refractivity contribution in [3.8, 4) is 0 Å². The van der Waals surface area contributed by atoms with Crippen LogP contribution in [0.2, 0.25) is 5.02 Å². The van der Waals surface area contributed by atoms with Crippen LogP contribution in [-0.2, 0) is 4.79 Å². The highest BCUT2D eigenvalue weighted by atomic mass is 35.5. The molecule has 1 atom stereocenters. The Balaban J connectivity index is 2.20. The van der Waals surface area contributed by atoms with Crippen molar-refractivity contribution in [3.63, 3.8) is 0 Å². The average molecular weight is 296 g/mol.